The number of carbonyl (C=O) groups excluding carboxylic acids is 1. The number of rotatable bonds is 2. The molecule has 2 nitrogen and oxygen atoms in total. The van der Waals surface area contributed by atoms with Gasteiger partial charge in [0, 0.05) is 5.91 Å². The van der Waals surface area contributed by atoms with Crippen LogP contribution in [0.15, 0.2) is 103 Å². The first-order valence-electron chi connectivity index (χ1n) is 8.35. The van der Waals surface area contributed by atoms with E-state index in [1.165, 1.54) is 28.1 Å². The molecule has 4 aromatic carbocycles. The molecule has 0 aromatic heterocycles. The summed E-state index contributed by atoms with van der Waals surface area (Å²) in [5.41, 5.74) is 5.94. The number of hydrogen-bond donors (Lipinski definition) is 0. The molecule has 0 heterocycles. The summed E-state index contributed by atoms with van der Waals surface area (Å²) in [4.78, 5) is 9.11. The fourth-order valence-electron chi connectivity index (χ4n) is 2.28. The van der Waals surface area contributed by atoms with E-state index < -0.39 is 5.91 Å². The molecule has 6 heteroatoms. The van der Waals surface area contributed by atoms with Crippen LogP contribution in [0.3, 0.4) is 0 Å². The summed E-state index contributed by atoms with van der Waals surface area (Å²) < 4.78 is 0. The largest absolute Gasteiger partial charge is 4.00 e. The van der Waals surface area contributed by atoms with E-state index in [0.29, 0.717) is 0 Å². The van der Waals surface area contributed by atoms with E-state index >= 15 is 0 Å². The van der Waals surface area contributed by atoms with Crippen LogP contribution in [0.25, 0.3) is 16.5 Å². The molecule has 0 aliphatic rings. The molecule has 0 unspecified atom stereocenters. The second kappa shape index (κ2) is 17.1. The molecule has 0 fully saturated rings. The Labute approximate surface area is 202 Å². The Hall–Kier alpha value is -1.75. The van der Waals surface area contributed by atoms with Crippen molar-refractivity contribution in [2.45, 2.75) is 6.92 Å². The third kappa shape index (κ3) is 12.4. The van der Waals surface area contributed by atoms with Crippen molar-refractivity contribution in [3.63, 3.8) is 0 Å². The molecule has 1 N–H and O–H groups in total. The van der Waals surface area contributed by atoms with Crippen molar-refractivity contribution in [2.24, 2.45) is 0 Å². The van der Waals surface area contributed by atoms with Crippen LogP contribution in [0.2, 0.25) is 0 Å². The van der Waals surface area contributed by atoms with Gasteiger partial charge in [0.05, 0.1) is 0 Å². The Morgan fingerprint density at radius 2 is 1.17 bits per heavy atom. The Morgan fingerprint density at radius 3 is 1.62 bits per heavy atom. The van der Waals surface area contributed by atoms with Gasteiger partial charge in [-0.2, -0.15) is 17.5 Å². The van der Waals surface area contributed by atoms with Crippen LogP contribution in [-0.2, 0) is 26.5 Å². The van der Waals surface area contributed by atoms with Gasteiger partial charge < -0.3 is 35.3 Å². The zero-order valence-electron chi connectivity index (χ0n) is 16.0. The maximum Gasteiger partial charge on any atom is 4.00 e. The first-order valence-corrected chi connectivity index (χ1v) is 9.35. The average molecular weight is 474 g/mol. The van der Waals surface area contributed by atoms with Gasteiger partial charge in [-0.1, -0.05) is 77.1 Å². The first-order chi connectivity index (χ1) is 12.6. The van der Waals surface area contributed by atoms with E-state index in [2.05, 4.69) is 103 Å². The molecule has 0 saturated carbocycles. The maximum atomic E-state index is 9.11. The van der Waals surface area contributed by atoms with Crippen LogP contribution < -0.4 is 35.2 Å². The average Bonchev–Trinajstić information content (AvgIpc) is 3.12. The van der Waals surface area contributed by atoms with E-state index in [1.807, 2.05) is 0 Å². The monoisotopic (exact) mass is 473 g/mol. The van der Waals surface area contributed by atoms with Crippen molar-refractivity contribution in [3.05, 3.63) is 109 Å². The van der Waals surface area contributed by atoms with Crippen LogP contribution in [0, 0.1) is 0 Å². The summed E-state index contributed by atoms with van der Waals surface area (Å²) in [6.45, 7) is 1.19. The Kier molecular flexibility index (Phi) is 17.4. The van der Waals surface area contributed by atoms with Crippen molar-refractivity contribution in [1.82, 2.24) is 0 Å². The number of halogens is 2. The fraction of sp³-hybridized carbons (Fsp3) is 0.0435. The molecular formula is C23H21Cl2NOSiTi. The van der Waals surface area contributed by atoms with Gasteiger partial charge >= 0.3 is 21.7 Å². The van der Waals surface area contributed by atoms with Gasteiger partial charge in [0.1, 0.15) is 9.52 Å². The quantitative estimate of drug-likeness (QED) is 0.258. The minimum Gasteiger partial charge on any atom is -1.00 e. The molecular weight excluding hydrogens is 453 g/mol. The van der Waals surface area contributed by atoms with Gasteiger partial charge in [0.15, 0.2) is 0 Å². The molecule has 1 amide bonds. The van der Waals surface area contributed by atoms with Crippen LogP contribution >= 0.6 is 0 Å². The topological polar surface area (TPSA) is 40.9 Å². The predicted molar refractivity (Wildman–Crippen MR) is 112 cm³/mol. The smallest absolute Gasteiger partial charge is 1.00 e. The summed E-state index contributed by atoms with van der Waals surface area (Å²) in [6.07, 6.45) is 0. The maximum absolute atomic E-state index is 9.11. The minimum atomic E-state index is -0.583. The number of fused-ring (bicyclic) bond motifs is 1. The van der Waals surface area contributed by atoms with Crippen LogP contribution in [0.1, 0.15) is 6.92 Å². The van der Waals surface area contributed by atoms with Gasteiger partial charge in [-0.3, -0.25) is 0 Å². The Morgan fingerprint density at radius 1 is 0.759 bits per heavy atom. The second-order valence-electron chi connectivity index (χ2n) is 5.57. The molecule has 4 aromatic rings. The number of nitrogens with one attached hydrogen (secondary N) is 1. The van der Waals surface area contributed by atoms with Crippen molar-refractivity contribution >= 4 is 36.6 Å². The fourth-order valence-corrected chi connectivity index (χ4v) is 3.33. The molecule has 2 radical (unpaired) electrons. The van der Waals surface area contributed by atoms with Gasteiger partial charge in [0.2, 0.25) is 0 Å². The number of benzene rings is 3. The summed E-state index contributed by atoms with van der Waals surface area (Å²) in [5.74, 6) is -0.583. The van der Waals surface area contributed by atoms with Gasteiger partial charge in [0.25, 0.3) is 0 Å². The second-order valence-corrected chi connectivity index (χ2v) is 6.97. The van der Waals surface area contributed by atoms with E-state index in [0.717, 1.165) is 9.52 Å². The van der Waals surface area contributed by atoms with E-state index in [4.69, 9.17) is 10.5 Å². The SMILES string of the molecule is CC([NH-])=O.[Cl-].[Cl-].[Ti+4].c1ccc([Si]c2ccccc2)cc1.c1ccc2[cH-]ccc2c1. The molecule has 0 aliphatic carbocycles. The normalized spacial score (nSPS) is 8.45. The predicted octanol–water partition coefficient (Wildman–Crippen LogP) is -1.51. The number of amides is 1. The molecule has 146 valence electrons. The van der Waals surface area contributed by atoms with Gasteiger partial charge in [-0.05, 0) is 6.92 Å². The summed E-state index contributed by atoms with van der Waals surface area (Å²) >= 11 is 0. The third-order valence-corrected chi connectivity index (χ3v) is 4.63. The zero-order valence-corrected chi connectivity index (χ0v) is 20.1. The van der Waals surface area contributed by atoms with Crippen molar-refractivity contribution in [3.8, 4) is 0 Å². The standard InChI is InChI=1S/C12H10Si.C9H7.C2H5NO.2ClH.Ti/c1-3-7-11(8-4-1)13-12-9-5-2-6-10-12;1-2-5-9-7-3-6-8(9)4-1;1-2(3)4;;;/h1-10H;1-7H;1H3,(H2,3,4);2*1H;/q;-1;;;;+4/p-3. The van der Waals surface area contributed by atoms with Crippen LogP contribution in [0.5, 0.6) is 0 Å². The summed E-state index contributed by atoms with van der Waals surface area (Å²) in [7, 11) is 0.777. The molecule has 0 bridgehead atoms. The van der Waals surface area contributed by atoms with E-state index in [-0.39, 0.29) is 46.5 Å². The van der Waals surface area contributed by atoms with E-state index in [9.17, 15) is 0 Å². The Bertz CT molecular complexity index is 846. The molecule has 0 aliphatic heterocycles. The van der Waals surface area contributed by atoms with Crippen molar-refractivity contribution in [2.75, 3.05) is 0 Å². The van der Waals surface area contributed by atoms with Crippen LogP contribution in [-0.4, -0.2) is 15.4 Å². The van der Waals surface area contributed by atoms with Crippen molar-refractivity contribution in [1.29, 1.82) is 0 Å². The Balaban J connectivity index is 0. The molecule has 0 saturated heterocycles. The molecule has 29 heavy (non-hydrogen) atoms. The zero-order chi connectivity index (χ0) is 18.6. The summed E-state index contributed by atoms with van der Waals surface area (Å²) in [6, 6.07) is 35.8. The molecule has 0 atom stereocenters. The number of hydrogen-bond acceptors (Lipinski definition) is 1. The van der Waals surface area contributed by atoms with Crippen LogP contribution in [0.4, 0.5) is 0 Å². The van der Waals surface area contributed by atoms with Gasteiger partial charge in [-0.15, -0.1) is 29.7 Å². The van der Waals surface area contributed by atoms with Crippen molar-refractivity contribution < 1.29 is 51.3 Å². The first kappa shape index (κ1) is 29.5. The number of carbonyl (C=O) groups is 1. The van der Waals surface area contributed by atoms with E-state index in [1.54, 1.807) is 0 Å². The van der Waals surface area contributed by atoms with Gasteiger partial charge in [-0.25, -0.2) is 0 Å². The summed E-state index contributed by atoms with van der Waals surface area (Å²) in [5, 5.41) is 5.46. The molecule has 0 spiro atoms. The molecule has 4 rings (SSSR count). The third-order valence-electron chi connectivity index (χ3n) is 3.38. The minimum absolute atomic E-state index is 0.